The molecule has 2 atom stereocenters. The maximum Gasteiger partial charge on any atom is 0.366 e. The first-order valence-electron chi connectivity index (χ1n) is 8.82. The predicted octanol–water partition coefficient (Wildman–Crippen LogP) is 4.27. The smallest absolute Gasteiger partial charge is 0.348 e. The number of benzene rings is 1. The second-order valence-electron chi connectivity index (χ2n) is 8.31. The van der Waals surface area contributed by atoms with Crippen molar-refractivity contribution < 1.29 is 14.4 Å². The van der Waals surface area contributed by atoms with Crippen molar-refractivity contribution in [2.45, 2.75) is 40.0 Å². The summed E-state index contributed by atoms with van der Waals surface area (Å²) < 4.78 is 0.670. The zero-order valence-corrected chi connectivity index (χ0v) is 17.5. The molecule has 1 aromatic carbocycles. The lowest BCUT2D eigenvalue weighted by Crippen LogP contribution is -2.46. The molecule has 6 heteroatoms. The molecule has 2 fully saturated rings. The summed E-state index contributed by atoms with van der Waals surface area (Å²) in [5.74, 6) is -0.365. The summed E-state index contributed by atoms with van der Waals surface area (Å²) in [4.78, 5) is 32.3. The van der Waals surface area contributed by atoms with Crippen LogP contribution < -0.4 is 0 Å². The zero-order valence-electron chi connectivity index (χ0n) is 15.9. The normalized spacial score (nSPS) is 30.5. The van der Waals surface area contributed by atoms with E-state index in [2.05, 4.69) is 41.9 Å². The fourth-order valence-electron chi connectivity index (χ4n) is 4.70. The van der Waals surface area contributed by atoms with Crippen molar-refractivity contribution >= 4 is 33.5 Å². The van der Waals surface area contributed by atoms with E-state index in [1.807, 2.05) is 6.07 Å². The molecule has 3 rings (SSSR count). The van der Waals surface area contributed by atoms with E-state index >= 15 is 0 Å². The van der Waals surface area contributed by atoms with E-state index in [1.54, 1.807) is 37.2 Å². The Labute approximate surface area is 162 Å². The van der Waals surface area contributed by atoms with Crippen LogP contribution >= 0.6 is 15.9 Å². The summed E-state index contributed by atoms with van der Waals surface area (Å²) in [6.07, 6.45) is 2.24. The number of carbonyl (C=O) groups excluding carboxylic acids is 2. The van der Waals surface area contributed by atoms with Crippen LogP contribution in [0.25, 0.3) is 0 Å². The van der Waals surface area contributed by atoms with Gasteiger partial charge in [0.1, 0.15) is 0 Å². The Balaban J connectivity index is 1.91. The van der Waals surface area contributed by atoms with Crippen molar-refractivity contribution in [2.24, 2.45) is 21.4 Å². The molecule has 0 saturated heterocycles. The molecule has 2 saturated carbocycles. The summed E-state index contributed by atoms with van der Waals surface area (Å²) in [6.45, 7) is 6.41. The zero-order chi connectivity index (χ0) is 19.3. The highest BCUT2D eigenvalue weighted by molar-refractivity contribution is 9.10. The molecule has 2 bridgehead atoms. The van der Waals surface area contributed by atoms with Crippen molar-refractivity contribution in [3.63, 3.8) is 0 Å². The van der Waals surface area contributed by atoms with Gasteiger partial charge in [0.2, 0.25) is 5.91 Å². The molecule has 26 heavy (non-hydrogen) atoms. The Morgan fingerprint density at radius 2 is 1.81 bits per heavy atom. The van der Waals surface area contributed by atoms with Gasteiger partial charge in [-0.05, 0) is 46.3 Å². The lowest BCUT2D eigenvalue weighted by Gasteiger charge is -2.40. The average Bonchev–Trinajstić information content (AvgIpc) is 2.89. The van der Waals surface area contributed by atoms with E-state index in [0.29, 0.717) is 16.5 Å². The highest BCUT2D eigenvalue weighted by atomic mass is 79.9. The molecule has 0 radical (unpaired) electrons. The van der Waals surface area contributed by atoms with Gasteiger partial charge in [0.25, 0.3) is 0 Å². The largest absolute Gasteiger partial charge is 0.366 e. The lowest BCUT2D eigenvalue weighted by atomic mass is 9.64. The van der Waals surface area contributed by atoms with Crippen LogP contribution in [0.15, 0.2) is 33.9 Å². The van der Waals surface area contributed by atoms with Gasteiger partial charge >= 0.3 is 5.97 Å². The Hall–Kier alpha value is -1.69. The van der Waals surface area contributed by atoms with E-state index in [0.717, 1.165) is 18.6 Å². The summed E-state index contributed by atoms with van der Waals surface area (Å²) in [6, 6.07) is 7.09. The van der Waals surface area contributed by atoms with Gasteiger partial charge in [-0.25, -0.2) is 4.79 Å². The molecule has 2 unspecified atom stereocenters. The summed E-state index contributed by atoms with van der Waals surface area (Å²) in [7, 11) is 3.59. The molecule has 1 amide bonds. The number of hydrogen-bond donors (Lipinski definition) is 0. The Morgan fingerprint density at radius 1 is 1.15 bits per heavy atom. The monoisotopic (exact) mass is 420 g/mol. The van der Waals surface area contributed by atoms with Gasteiger partial charge in [-0.2, -0.15) is 0 Å². The molecule has 0 N–H and O–H groups in total. The quantitative estimate of drug-likeness (QED) is 0.541. The molecule has 0 aromatic heterocycles. The number of rotatable bonds is 3. The third-order valence-electron chi connectivity index (χ3n) is 6.88. The fraction of sp³-hybridized carbons (Fsp3) is 0.550. The summed E-state index contributed by atoms with van der Waals surface area (Å²) in [5, 5.41) is 4.25. The molecule has 140 valence electrons. The third kappa shape index (κ3) is 2.45. The van der Waals surface area contributed by atoms with Crippen molar-refractivity contribution in [3.05, 3.63) is 34.3 Å². The molecule has 5 nitrogen and oxygen atoms in total. The van der Waals surface area contributed by atoms with Crippen LogP contribution in [0, 0.1) is 16.2 Å². The minimum absolute atomic E-state index is 0.133. The standard InChI is InChI=1S/C20H25BrN2O3/c1-18(2)19(3)10-11-20(18,17(25)23(4)5)12-15(19)22-26-16(24)13-8-6-7-9-14(13)21/h6-9H,10-12H2,1-5H3/b22-15-. The number of carbonyl (C=O) groups is 2. The molecule has 0 heterocycles. The maximum absolute atomic E-state index is 13.0. The third-order valence-corrected chi connectivity index (χ3v) is 7.57. The van der Waals surface area contributed by atoms with E-state index in [9.17, 15) is 9.59 Å². The van der Waals surface area contributed by atoms with Crippen molar-refractivity contribution in [1.29, 1.82) is 0 Å². The first-order chi connectivity index (χ1) is 12.1. The second kappa shape index (κ2) is 6.19. The van der Waals surface area contributed by atoms with Crippen LogP contribution in [0.3, 0.4) is 0 Å². The van der Waals surface area contributed by atoms with Crippen molar-refractivity contribution in [3.8, 4) is 0 Å². The van der Waals surface area contributed by atoms with E-state index in [1.165, 1.54) is 0 Å². The van der Waals surface area contributed by atoms with Crippen LogP contribution in [0.1, 0.15) is 50.4 Å². The molecule has 2 aliphatic rings. The molecule has 0 spiro atoms. The van der Waals surface area contributed by atoms with E-state index in [-0.39, 0.29) is 16.7 Å². The highest BCUT2D eigenvalue weighted by Crippen LogP contribution is 2.71. The van der Waals surface area contributed by atoms with Crippen LogP contribution in [-0.2, 0) is 9.63 Å². The number of oxime groups is 1. The number of hydrogen-bond acceptors (Lipinski definition) is 4. The Kier molecular flexibility index (Phi) is 4.54. The summed E-state index contributed by atoms with van der Waals surface area (Å²) >= 11 is 3.36. The minimum atomic E-state index is -0.498. The Morgan fingerprint density at radius 3 is 2.42 bits per heavy atom. The van der Waals surface area contributed by atoms with Gasteiger partial charge in [-0.3, -0.25) is 4.79 Å². The molecule has 2 aliphatic carbocycles. The van der Waals surface area contributed by atoms with Gasteiger partial charge in [0.15, 0.2) is 0 Å². The van der Waals surface area contributed by atoms with Crippen LogP contribution in [-0.4, -0.2) is 36.6 Å². The lowest BCUT2D eigenvalue weighted by molar-refractivity contribution is -0.144. The minimum Gasteiger partial charge on any atom is -0.348 e. The van der Waals surface area contributed by atoms with Crippen LogP contribution in [0.4, 0.5) is 0 Å². The Bertz CT molecular complexity index is 802. The van der Waals surface area contributed by atoms with Crippen LogP contribution in [0.2, 0.25) is 0 Å². The number of amides is 1. The number of halogens is 1. The van der Waals surface area contributed by atoms with Crippen molar-refractivity contribution in [1.82, 2.24) is 4.90 Å². The van der Waals surface area contributed by atoms with E-state index in [4.69, 9.17) is 4.84 Å². The molecule has 0 aliphatic heterocycles. The van der Waals surface area contributed by atoms with Crippen LogP contribution in [0.5, 0.6) is 0 Å². The number of nitrogens with zero attached hydrogens (tertiary/aromatic N) is 2. The van der Waals surface area contributed by atoms with Crippen molar-refractivity contribution in [2.75, 3.05) is 14.1 Å². The van der Waals surface area contributed by atoms with Gasteiger partial charge in [0.05, 0.1) is 16.7 Å². The number of fused-ring (bicyclic) bond motifs is 2. The topological polar surface area (TPSA) is 59.0 Å². The van der Waals surface area contributed by atoms with Gasteiger partial charge in [-0.15, -0.1) is 0 Å². The summed E-state index contributed by atoms with van der Waals surface area (Å²) in [5.41, 5.74) is 0.254. The second-order valence-corrected chi connectivity index (χ2v) is 9.17. The molecular weight excluding hydrogens is 396 g/mol. The molecular formula is C20H25BrN2O3. The van der Waals surface area contributed by atoms with Gasteiger partial charge in [0, 0.05) is 30.4 Å². The van der Waals surface area contributed by atoms with E-state index < -0.39 is 11.4 Å². The van der Waals surface area contributed by atoms with Gasteiger partial charge in [-0.1, -0.05) is 38.1 Å². The van der Waals surface area contributed by atoms with Gasteiger partial charge < -0.3 is 9.74 Å². The first kappa shape index (κ1) is 19.1. The average molecular weight is 421 g/mol. The predicted molar refractivity (Wildman–Crippen MR) is 104 cm³/mol. The molecule has 1 aromatic rings. The SMILES string of the molecule is CN(C)C(=O)C12CCC(C)(/C(=N\OC(=O)c3ccccc3Br)C1)C2(C)C. The maximum atomic E-state index is 13.0. The first-order valence-corrected chi connectivity index (χ1v) is 9.61. The highest BCUT2D eigenvalue weighted by Gasteiger charge is 2.72. The fourth-order valence-corrected chi connectivity index (χ4v) is 5.14.